The quantitative estimate of drug-likeness (QED) is 0.576. The molecule has 0 radical (unpaired) electrons. The number of thiol groups is 1. The first-order chi connectivity index (χ1) is 8.65. The molecule has 0 aliphatic carbocycles. The first-order valence-corrected chi connectivity index (χ1v) is 8.54. The molecule has 0 saturated heterocycles. The van der Waals surface area contributed by atoms with E-state index in [9.17, 15) is 4.79 Å². The van der Waals surface area contributed by atoms with Crippen LogP contribution in [0.15, 0.2) is 27.6 Å². The number of carbonyl (C=O) groups is 1. The number of benzene rings is 1. The number of halogens is 1. The van der Waals surface area contributed by atoms with Crippen molar-refractivity contribution in [2.75, 3.05) is 18.6 Å². The van der Waals surface area contributed by atoms with Crippen LogP contribution in [0.25, 0.3) is 0 Å². The van der Waals surface area contributed by atoms with E-state index in [2.05, 4.69) is 40.1 Å². The number of nitrogens with one attached hydrogen (secondary N) is 1. The molecule has 0 aliphatic rings. The summed E-state index contributed by atoms with van der Waals surface area (Å²) in [5, 5.41) is 2.93. The lowest BCUT2D eigenvalue weighted by Crippen LogP contribution is -2.24. The Labute approximate surface area is 127 Å². The van der Waals surface area contributed by atoms with Crippen molar-refractivity contribution in [2.24, 2.45) is 0 Å². The second-order valence-electron chi connectivity index (χ2n) is 3.97. The molecular formula is C13H18BrNOS2. The predicted octanol–water partition coefficient (Wildman–Crippen LogP) is 4.00. The van der Waals surface area contributed by atoms with Crippen LogP contribution in [0.4, 0.5) is 0 Å². The predicted molar refractivity (Wildman–Crippen MR) is 86.0 cm³/mol. The van der Waals surface area contributed by atoms with Gasteiger partial charge in [0.05, 0.1) is 5.56 Å². The zero-order valence-electron chi connectivity index (χ0n) is 10.4. The van der Waals surface area contributed by atoms with Gasteiger partial charge in [-0.05, 0) is 43.0 Å². The third-order valence-corrected chi connectivity index (χ3v) is 4.08. The first-order valence-electron chi connectivity index (χ1n) is 5.91. The number of thioether (sulfide) groups is 1. The number of hydrogen-bond donors (Lipinski definition) is 2. The van der Waals surface area contributed by atoms with Gasteiger partial charge in [0.25, 0.3) is 5.91 Å². The molecule has 1 N–H and O–H groups in total. The molecule has 2 nitrogen and oxygen atoms in total. The maximum absolute atomic E-state index is 11.9. The molecular weight excluding hydrogens is 330 g/mol. The molecule has 0 aliphatic heterocycles. The maximum Gasteiger partial charge on any atom is 0.252 e. The van der Waals surface area contributed by atoms with Crippen molar-refractivity contribution in [1.82, 2.24) is 5.32 Å². The molecule has 1 amide bonds. The van der Waals surface area contributed by atoms with Crippen molar-refractivity contribution in [2.45, 2.75) is 24.2 Å². The summed E-state index contributed by atoms with van der Waals surface area (Å²) in [6.45, 7) is 0.733. The molecule has 18 heavy (non-hydrogen) atoms. The third-order valence-electron chi connectivity index (χ3n) is 2.52. The van der Waals surface area contributed by atoms with E-state index in [0.29, 0.717) is 10.5 Å². The number of rotatable bonds is 7. The van der Waals surface area contributed by atoms with Crippen molar-refractivity contribution in [3.05, 3.63) is 28.2 Å². The van der Waals surface area contributed by atoms with Gasteiger partial charge in [-0.15, -0.1) is 12.6 Å². The van der Waals surface area contributed by atoms with Crippen LogP contribution in [-0.4, -0.2) is 24.5 Å². The summed E-state index contributed by atoms with van der Waals surface area (Å²) >= 11 is 9.52. The summed E-state index contributed by atoms with van der Waals surface area (Å²) in [5.74, 6) is 1.15. The van der Waals surface area contributed by atoms with Crippen LogP contribution in [0.3, 0.4) is 0 Å². The van der Waals surface area contributed by atoms with Crippen LogP contribution >= 0.6 is 40.3 Å². The fourth-order valence-corrected chi connectivity index (χ4v) is 2.89. The summed E-state index contributed by atoms with van der Waals surface area (Å²) in [6.07, 6.45) is 5.52. The summed E-state index contributed by atoms with van der Waals surface area (Å²) in [4.78, 5) is 12.6. The maximum atomic E-state index is 11.9. The number of unbranched alkanes of at least 4 members (excludes halogenated alkanes) is 2. The molecule has 0 unspecified atom stereocenters. The Balaban J connectivity index is 2.32. The SMILES string of the molecule is CSCCCCCNC(=O)c1ccc(Br)cc1S. The summed E-state index contributed by atoms with van der Waals surface area (Å²) in [6, 6.07) is 5.47. The molecule has 1 aromatic rings. The van der Waals surface area contributed by atoms with Crippen LogP contribution in [0.5, 0.6) is 0 Å². The van der Waals surface area contributed by atoms with E-state index in [4.69, 9.17) is 0 Å². The highest BCUT2D eigenvalue weighted by atomic mass is 79.9. The third kappa shape index (κ3) is 5.67. The average molecular weight is 348 g/mol. The van der Waals surface area contributed by atoms with Gasteiger partial charge in [0.15, 0.2) is 0 Å². The van der Waals surface area contributed by atoms with Gasteiger partial charge < -0.3 is 5.32 Å². The zero-order chi connectivity index (χ0) is 13.4. The lowest BCUT2D eigenvalue weighted by molar-refractivity contribution is 0.0950. The van der Waals surface area contributed by atoms with Crippen molar-refractivity contribution in [3.63, 3.8) is 0 Å². The van der Waals surface area contributed by atoms with E-state index in [1.807, 2.05) is 23.9 Å². The molecule has 0 atom stereocenters. The molecule has 100 valence electrons. The Bertz CT molecular complexity index is 399. The largest absolute Gasteiger partial charge is 0.352 e. The van der Waals surface area contributed by atoms with E-state index < -0.39 is 0 Å². The van der Waals surface area contributed by atoms with Gasteiger partial charge in [0.2, 0.25) is 0 Å². The van der Waals surface area contributed by atoms with Gasteiger partial charge in [0, 0.05) is 15.9 Å². The van der Waals surface area contributed by atoms with E-state index >= 15 is 0 Å². The minimum Gasteiger partial charge on any atom is -0.352 e. The van der Waals surface area contributed by atoms with Gasteiger partial charge in [-0.1, -0.05) is 22.4 Å². The van der Waals surface area contributed by atoms with Crippen LogP contribution in [-0.2, 0) is 0 Å². The average Bonchev–Trinajstić information content (AvgIpc) is 2.33. The van der Waals surface area contributed by atoms with Gasteiger partial charge >= 0.3 is 0 Å². The highest BCUT2D eigenvalue weighted by molar-refractivity contribution is 9.10. The summed E-state index contributed by atoms with van der Waals surface area (Å²) in [7, 11) is 0. The van der Waals surface area contributed by atoms with Crippen molar-refractivity contribution >= 4 is 46.2 Å². The Morgan fingerprint density at radius 3 is 2.83 bits per heavy atom. The van der Waals surface area contributed by atoms with E-state index in [1.54, 1.807) is 6.07 Å². The van der Waals surface area contributed by atoms with Crippen molar-refractivity contribution < 1.29 is 4.79 Å². The standard InChI is InChI=1S/C13H18BrNOS2/c1-18-8-4-2-3-7-15-13(16)11-6-5-10(14)9-12(11)17/h5-6,9,17H,2-4,7-8H2,1H3,(H,15,16). The monoisotopic (exact) mass is 347 g/mol. The fourth-order valence-electron chi connectivity index (χ4n) is 1.54. The molecule has 1 rings (SSSR count). The van der Waals surface area contributed by atoms with E-state index in [-0.39, 0.29) is 5.91 Å². The zero-order valence-corrected chi connectivity index (χ0v) is 13.7. The van der Waals surface area contributed by atoms with Gasteiger partial charge in [0.1, 0.15) is 0 Å². The molecule has 0 saturated carbocycles. The number of hydrogen-bond acceptors (Lipinski definition) is 3. The van der Waals surface area contributed by atoms with Crippen molar-refractivity contribution in [3.8, 4) is 0 Å². The molecule has 0 heterocycles. The normalized spacial score (nSPS) is 10.4. The van der Waals surface area contributed by atoms with Crippen LogP contribution in [0, 0.1) is 0 Å². The van der Waals surface area contributed by atoms with E-state index in [0.717, 1.165) is 23.9 Å². The summed E-state index contributed by atoms with van der Waals surface area (Å²) < 4.78 is 0.932. The minimum atomic E-state index is -0.0441. The fraction of sp³-hybridized carbons (Fsp3) is 0.462. The van der Waals surface area contributed by atoms with Crippen molar-refractivity contribution in [1.29, 1.82) is 0 Å². The molecule has 0 fully saturated rings. The highest BCUT2D eigenvalue weighted by Gasteiger charge is 2.08. The smallest absolute Gasteiger partial charge is 0.252 e. The van der Waals surface area contributed by atoms with Gasteiger partial charge in [-0.25, -0.2) is 0 Å². The minimum absolute atomic E-state index is 0.0441. The molecule has 0 aromatic heterocycles. The van der Waals surface area contributed by atoms with Crippen LogP contribution in [0.1, 0.15) is 29.6 Å². The molecule has 5 heteroatoms. The highest BCUT2D eigenvalue weighted by Crippen LogP contribution is 2.19. The summed E-state index contributed by atoms with van der Waals surface area (Å²) in [5.41, 5.74) is 0.630. The van der Waals surface area contributed by atoms with E-state index in [1.165, 1.54) is 12.2 Å². The molecule has 1 aromatic carbocycles. The number of carbonyl (C=O) groups excluding carboxylic acids is 1. The Morgan fingerprint density at radius 1 is 1.39 bits per heavy atom. The Kier molecular flexibility index (Phi) is 7.86. The first kappa shape index (κ1) is 15.9. The second-order valence-corrected chi connectivity index (χ2v) is 6.35. The van der Waals surface area contributed by atoms with Gasteiger partial charge in [-0.2, -0.15) is 11.8 Å². The van der Waals surface area contributed by atoms with Crippen LogP contribution < -0.4 is 5.32 Å². The lowest BCUT2D eigenvalue weighted by atomic mass is 10.2. The Morgan fingerprint density at radius 2 is 2.17 bits per heavy atom. The molecule has 0 spiro atoms. The Hall–Kier alpha value is -0.130. The topological polar surface area (TPSA) is 29.1 Å². The lowest BCUT2D eigenvalue weighted by Gasteiger charge is -2.07. The second kappa shape index (κ2) is 8.88. The van der Waals surface area contributed by atoms with Gasteiger partial charge in [-0.3, -0.25) is 4.79 Å². The molecule has 0 bridgehead atoms. The van der Waals surface area contributed by atoms with Crippen LogP contribution in [0.2, 0.25) is 0 Å². The number of amides is 1.